The van der Waals surface area contributed by atoms with Crippen molar-refractivity contribution in [1.82, 2.24) is 0 Å². The Hall–Kier alpha value is -2.63. The number of carbonyl (C=O) groups is 3. The highest BCUT2D eigenvalue weighted by molar-refractivity contribution is 5.71. The molecule has 0 amide bonds. The fourth-order valence-corrected chi connectivity index (χ4v) is 7.26. The summed E-state index contributed by atoms with van der Waals surface area (Å²) >= 11 is 0. The zero-order chi connectivity index (χ0) is 43.7. The van der Waals surface area contributed by atoms with Crippen LogP contribution in [-0.4, -0.2) is 37.2 Å². The molecule has 0 aromatic heterocycles. The molecule has 0 rings (SSSR count). The highest BCUT2D eigenvalue weighted by atomic mass is 16.6. The lowest BCUT2D eigenvalue weighted by Crippen LogP contribution is -2.30. The van der Waals surface area contributed by atoms with E-state index in [-0.39, 0.29) is 31.1 Å². The molecule has 0 heterocycles. The van der Waals surface area contributed by atoms with Crippen molar-refractivity contribution in [2.45, 2.75) is 264 Å². The molecule has 6 heteroatoms. The van der Waals surface area contributed by atoms with E-state index in [0.717, 1.165) is 89.9 Å². The molecule has 348 valence electrons. The summed E-state index contributed by atoms with van der Waals surface area (Å²) in [4.78, 5) is 37.3. The van der Waals surface area contributed by atoms with Crippen molar-refractivity contribution in [3.63, 3.8) is 0 Å². The maximum atomic E-state index is 12.5. The molecular formula is C54H96O6. The molecule has 0 saturated carbocycles. The van der Waals surface area contributed by atoms with Crippen molar-refractivity contribution in [2.75, 3.05) is 13.2 Å². The van der Waals surface area contributed by atoms with Crippen LogP contribution in [0.4, 0.5) is 0 Å². The van der Waals surface area contributed by atoms with Gasteiger partial charge in [0.05, 0.1) is 0 Å². The van der Waals surface area contributed by atoms with Gasteiger partial charge < -0.3 is 14.2 Å². The van der Waals surface area contributed by atoms with E-state index < -0.39 is 6.10 Å². The third-order valence-electron chi connectivity index (χ3n) is 11.1. The van der Waals surface area contributed by atoms with Gasteiger partial charge in [-0.2, -0.15) is 0 Å². The van der Waals surface area contributed by atoms with Crippen LogP contribution < -0.4 is 0 Å². The quantitative estimate of drug-likeness (QED) is 0.0263. The van der Waals surface area contributed by atoms with Crippen molar-refractivity contribution >= 4 is 17.9 Å². The average molecular weight is 841 g/mol. The van der Waals surface area contributed by atoms with Gasteiger partial charge in [-0.15, -0.1) is 0 Å². The predicted molar refractivity (Wildman–Crippen MR) is 256 cm³/mol. The van der Waals surface area contributed by atoms with Gasteiger partial charge in [0, 0.05) is 19.3 Å². The maximum absolute atomic E-state index is 12.5. The maximum Gasteiger partial charge on any atom is 0.306 e. The fraction of sp³-hybridized carbons (Fsp3) is 0.796. The molecule has 0 saturated heterocycles. The number of hydrogen-bond donors (Lipinski definition) is 0. The summed E-state index contributed by atoms with van der Waals surface area (Å²) < 4.78 is 16.5. The number of unbranched alkanes of at least 4 members (excludes halogenated alkanes) is 27. The summed E-state index contributed by atoms with van der Waals surface area (Å²) in [7, 11) is 0. The van der Waals surface area contributed by atoms with Crippen LogP contribution in [0.2, 0.25) is 0 Å². The van der Waals surface area contributed by atoms with E-state index in [9.17, 15) is 14.4 Å². The molecule has 1 unspecified atom stereocenters. The minimum Gasteiger partial charge on any atom is -0.462 e. The van der Waals surface area contributed by atoms with Crippen LogP contribution in [0.5, 0.6) is 0 Å². The number of hydrogen-bond acceptors (Lipinski definition) is 6. The van der Waals surface area contributed by atoms with Crippen molar-refractivity contribution in [2.24, 2.45) is 0 Å². The van der Waals surface area contributed by atoms with Gasteiger partial charge in [-0.25, -0.2) is 0 Å². The molecule has 0 aromatic carbocycles. The van der Waals surface area contributed by atoms with Crippen molar-refractivity contribution in [1.29, 1.82) is 0 Å². The minimum atomic E-state index is -0.760. The molecule has 0 aromatic rings. The Morgan fingerprint density at radius 1 is 0.350 bits per heavy atom. The van der Waals surface area contributed by atoms with Crippen LogP contribution in [-0.2, 0) is 28.6 Å². The highest BCUT2D eigenvalue weighted by Gasteiger charge is 2.19. The molecule has 0 fully saturated rings. The molecule has 0 radical (unpaired) electrons. The van der Waals surface area contributed by atoms with Crippen LogP contribution in [0.1, 0.15) is 258 Å². The van der Waals surface area contributed by atoms with Gasteiger partial charge in [0.25, 0.3) is 0 Å². The molecule has 0 aliphatic carbocycles. The molecule has 0 N–H and O–H groups in total. The van der Waals surface area contributed by atoms with Gasteiger partial charge >= 0.3 is 17.9 Å². The third kappa shape index (κ3) is 46.4. The first-order chi connectivity index (χ1) is 29.5. The second-order valence-electron chi connectivity index (χ2n) is 17.1. The molecule has 0 aliphatic heterocycles. The van der Waals surface area contributed by atoms with E-state index in [4.69, 9.17) is 14.2 Å². The van der Waals surface area contributed by atoms with E-state index in [0.29, 0.717) is 19.3 Å². The van der Waals surface area contributed by atoms with E-state index in [1.54, 1.807) is 0 Å². The number of esters is 3. The SMILES string of the molecule is CC/C=C\C/C=C\C/C=C\C/C=C\CCCCCCCCCCCCCCCCCCCCC(=O)OCC(COC(=O)CCCCCCC)OC(=O)CCCCCCCC. The molecule has 60 heavy (non-hydrogen) atoms. The van der Waals surface area contributed by atoms with Crippen molar-refractivity contribution < 1.29 is 28.6 Å². The Morgan fingerprint density at radius 2 is 0.650 bits per heavy atom. The Morgan fingerprint density at radius 3 is 1.02 bits per heavy atom. The summed E-state index contributed by atoms with van der Waals surface area (Å²) in [5.74, 6) is -0.889. The van der Waals surface area contributed by atoms with Crippen molar-refractivity contribution in [3.8, 4) is 0 Å². The Kier molecular flexibility index (Phi) is 46.9. The van der Waals surface area contributed by atoms with Crippen LogP contribution in [0, 0.1) is 0 Å². The van der Waals surface area contributed by atoms with Crippen LogP contribution in [0.3, 0.4) is 0 Å². The number of rotatable bonds is 46. The Balaban J connectivity index is 3.79. The van der Waals surface area contributed by atoms with Crippen LogP contribution in [0.15, 0.2) is 48.6 Å². The van der Waals surface area contributed by atoms with Gasteiger partial charge in [0.2, 0.25) is 0 Å². The molecule has 0 bridgehead atoms. The summed E-state index contributed by atoms with van der Waals surface area (Å²) in [6.07, 6.45) is 59.0. The number of carbonyl (C=O) groups excluding carboxylic acids is 3. The summed E-state index contributed by atoms with van der Waals surface area (Å²) in [6, 6.07) is 0. The summed E-state index contributed by atoms with van der Waals surface area (Å²) in [5, 5.41) is 0. The zero-order valence-corrected chi connectivity index (χ0v) is 39.7. The lowest BCUT2D eigenvalue weighted by atomic mass is 10.0. The average Bonchev–Trinajstić information content (AvgIpc) is 3.24. The predicted octanol–water partition coefficient (Wildman–Crippen LogP) is 16.7. The van der Waals surface area contributed by atoms with Gasteiger partial charge in [-0.05, 0) is 57.8 Å². The molecular weight excluding hydrogens is 745 g/mol. The summed E-state index contributed by atoms with van der Waals surface area (Å²) in [6.45, 7) is 6.38. The van der Waals surface area contributed by atoms with Gasteiger partial charge in [0.1, 0.15) is 13.2 Å². The summed E-state index contributed by atoms with van der Waals surface area (Å²) in [5.41, 5.74) is 0. The zero-order valence-electron chi connectivity index (χ0n) is 39.7. The molecule has 1 atom stereocenters. The minimum absolute atomic E-state index is 0.0700. The largest absolute Gasteiger partial charge is 0.462 e. The number of allylic oxidation sites excluding steroid dienone is 8. The van der Waals surface area contributed by atoms with Crippen LogP contribution in [0.25, 0.3) is 0 Å². The second kappa shape index (κ2) is 49.0. The first-order valence-electron chi connectivity index (χ1n) is 25.6. The fourth-order valence-electron chi connectivity index (χ4n) is 7.26. The van der Waals surface area contributed by atoms with Gasteiger partial charge in [0.15, 0.2) is 6.10 Å². The lowest BCUT2D eigenvalue weighted by molar-refractivity contribution is -0.167. The molecule has 6 nitrogen and oxygen atoms in total. The van der Waals surface area contributed by atoms with Crippen LogP contribution >= 0.6 is 0 Å². The molecule has 0 aliphatic rings. The standard InChI is InChI=1S/C54H96O6/c1-4-7-10-13-15-16-17-18-19-20-21-22-23-24-25-26-27-28-29-30-31-32-33-34-35-36-37-38-39-42-44-47-53(56)59-50-51(49-58-52(55)46-43-40-12-9-6-3)60-54(57)48-45-41-14-11-8-5-2/h7,10,15-16,18-19,21-22,51H,4-6,8-9,11-14,17,20,23-50H2,1-3H3/b10-7-,16-15-,19-18-,22-21-. The van der Waals surface area contributed by atoms with Gasteiger partial charge in [-0.1, -0.05) is 230 Å². The Bertz CT molecular complexity index is 1060. The monoisotopic (exact) mass is 841 g/mol. The Labute approximate surface area is 371 Å². The second-order valence-corrected chi connectivity index (χ2v) is 17.1. The topological polar surface area (TPSA) is 78.9 Å². The highest BCUT2D eigenvalue weighted by Crippen LogP contribution is 2.16. The van der Waals surface area contributed by atoms with E-state index in [2.05, 4.69) is 69.4 Å². The smallest absolute Gasteiger partial charge is 0.306 e. The lowest BCUT2D eigenvalue weighted by Gasteiger charge is -2.18. The first-order valence-corrected chi connectivity index (χ1v) is 25.6. The van der Waals surface area contributed by atoms with Gasteiger partial charge in [-0.3, -0.25) is 14.4 Å². The van der Waals surface area contributed by atoms with E-state index in [1.165, 1.54) is 128 Å². The number of ether oxygens (including phenoxy) is 3. The van der Waals surface area contributed by atoms with Crippen molar-refractivity contribution in [3.05, 3.63) is 48.6 Å². The first kappa shape index (κ1) is 57.4. The van der Waals surface area contributed by atoms with E-state index >= 15 is 0 Å². The van der Waals surface area contributed by atoms with E-state index in [1.807, 2.05) is 0 Å². The normalized spacial score (nSPS) is 12.4. The molecule has 0 spiro atoms. The third-order valence-corrected chi connectivity index (χ3v) is 11.1.